The highest BCUT2D eigenvalue weighted by Gasteiger charge is 2.23. The van der Waals surface area contributed by atoms with E-state index in [0.29, 0.717) is 0 Å². The van der Waals surface area contributed by atoms with Crippen LogP contribution in [0.25, 0.3) is 11.1 Å². The Labute approximate surface area is 104 Å². The number of aromatic nitrogens is 1. The molecule has 90 valence electrons. The molecule has 0 aliphatic carbocycles. The predicted octanol–water partition coefficient (Wildman–Crippen LogP) is 2.54. The van der Waals surface area contributed by atoms with Gasteiger partial charge in [-0.25, -0.2) is 4.39 Å². The van der Waals surface area contributed by atoms with Crippen LogP contribution in [0.1, 0.15) is 0 Å². The van der Waals surface area contributed by atoms with Gasteiger partial charge < -0.3 is 20.1 Å². The molecule has 0 radical (unpaired) electrons. The maximum atomic E-state index is 14.0. The van der Waals surface area contributed by atoms with Crippen molar-refractivity contribution in [2.45, 2.75) is 0 Å². The molecule has 0 bridgehead atoms. The van der Waals surface area contributed by atoms with Gasteiger partial charge in [0.1, 0.15) is 5.82 Å². The van der Waals surface area contributed by atoms with E-state index in [1.165, 1.54) is 19.4 Å². The lowest BCUT2D eigenvalue weighted by Crippen LogP contribution is -1.95. The molecule has 1 aromatic carbocycles. The van der Waals surface area contributed by atoms with Crippen LogP contribution in [0.4, 0.5) is 10.3 Å². The number of nitrogens with two attached hydrogens (primary N) is 1. The molecule has 0 fully saturated rings. The van der Waals surface area contributed by atoms with Crippen LogP contribution in [0, 0.1) is 5.82 Å². The van der Waals surface area contributed by atoms with Gasteiger partial charge in [-0.2, -0.15) is 0 Å². The summed E-state index contributed by atoms with van der Waals surface area (Å²) in [6, 6.07) is 1.20. The summed E-state index contributed by atoms with van der Waals surface area (Å²) in [5.41, 5.74) is 5.73. The third-order valence-corrected chi connectivity index (χ3v) is 2.80. The van der Waals surface area contributed by atoms with E-state index in [1.807, 2.05) is 0 Å². The molecular weight excluding hydrogens is 295 g/mol. The van der Waals surface area contributed by atoms with Crippen LogP contribution in [0.3, 0.4) is 0 Å². The van der Waals surface area contributed by atoms with E-state index in [9.17, 15) is 9.50 Å². The summed E-state index contributed by atoms with van der Waals surface area (Å²) in [4.78, 5) is 0. The number of anilines is 1. The van der Waals surface area contributed by atoms with Gasteiger partial charge in [0.15, 0.2) is 11.5 Å². The Kier molecular flexibility index (Phi) is 2.93. The Morgan fingerprint density at radius 3 is 2.82 bits per heavy atom. The molecule has 0 atom stereocenters. The molecule has 5 nitrogen and oxygen atoms in total. The van der Waals surface area contributed by atoms with Crippen LogP contribution >= 0.6 is 15.9 Å². The van der Waals surface area contributed by atoms with Crippen molar-refractivity contribution in [3.8, 4) is 22.6 Å². The molecule has 0 saturated heterocycles. The summed E-state index contributed by atoms with van der Waals surface area (Å²) < 4.78 is 23.7. The lowest BCUT2D eigenvalue weighted by molar-refractivity contribution is 0.371. The number of nitrogen functional groups attached to an aromatic ring is 1. The van der Waals surface area contributed by atoms with Crippen LogP contribution in [0.2, 0.25) is 0 Å². The van der Waals surface area contributed by atoms with Gasteiger partial charge in [-0.15, -0.1) is 0 Å². The number of halogens is 2. The first kappa shape index (κ1) is 11.7. The predicted molar refractivity (Wildman–Crippen MR) is 62.2 cm³/mol. The largest absolute Gasteiger partial charge is 0.504 e. The molecule has 0 saturated carbocycles. The lowest BCUT2D eigenvalue weighted by atomic mass is 10.1. The molecule has 0 spiro atoms. The third kappa shape index (κ3) is 1.82. The van der Waals surface area contributed by atoms with Gasteiger partial charge in [0.25, 0.3) is 0 Å². The average molecular weight is 303 g/mol. The van der Waals surface area contributed by atoms with E-state index in [2.05, 4.69) is 25.6 Å². The van der Waals surface area contributed by atoms with Crippen molar-refractivity contribution in [2.75, 3.05) is 12.8 Å². The topological polar surface area (TPSA) is 81.5 Å². The van der Waals surface area contributed by atoms with Gasteiger partial charge in [0.2, 0.25) is 5.88 Å². The number of phenolic OH excluding ortho intramolecular Hbond substituents is 1. The van der Waals surface area contributed by atoms with Gasteiger partial charge >= 0.3 is 0 Å². The van der Waals surface area contributed by atoms with E-state index in [0.717, 1.165) is 0 Å². The first-order chi connectivity index (χ1) is 8.06. The molecular formula is C10H8BrFN2O3. The number of hydrogen-bond acceptors (Lipinski definition) is 5. The Bertz CT molecular complexity index is 571. The number of nitrogens with zero attached hydrogens (tertiary/aromatic N) is 1. The van der Waals surface area contributed by atoms with Gasteiger partial charge in [-0.3, -0.25) is 0 Å². The SMILES string of the molecule is COc1c(O)cc(Br)c(F)c1-c1cnoc1N. The quantitative estimate of drug-likeness (QED) is 0.891. The molecule has 2 rings (SSSR count). The summed E-state index contributed by atoms with van der Waals surface area (Å²) in [7, 11) is 1.32. The molecule has 3 N–H and O–H groups in total. The normalized spacial score (nSPS) is 10.5. The van der Waals surface area contributed by atoms with Crippen molar-refractivity contribution in [1.29, 1.82) is 0 Å². The number of aromatic hydroxyl groups is 1. The zero-order valence-electron chi connectivity index (χ0n) is 8.70. The molecule has 0 unspecified atom stereocenters. The summed E-state index contributed by atoms with van der Waals surface area (Å²) in [6.07, 6.45) is 1.25. The van der Waals surface area contributed by atoms with Crippen molar-refractivity contribution in [2.24, 2.45) is 0 Å². The number of ether oxygens (including phenoxy) is 1. The molecule has 0 aliphatic rings. The van der Waals surface area contributed by atoms with E-state index in [4.69, 9.17) is 10.5 Å². The summed E-state index contributed by atoms with van der Waals surface area (Å²) in [6.45, 7) is 0. The third-order valence-electron chi connectivity index (χ3n) is 2.22. The highest BCUT2D eigenvalue weighted by atomic mass is 79.9. The number of hydrogen-bond donors (Lipinski definition) is 2. The molecule has 2 aromatic rings. The maximum Gasteiger partial charge on any atom is 0.230 e. The fraction of sp³-hybridized carbons (Fsp3) is 0.100. The van der Waals surface area contributed by atoms with Crippen molar-refractivity contribution in [3.05, 3.63) is 22.6 Å². The number of phenols is 1. The van der Waals surface area contributed by atoms with Crippen molar-refractivity contribution >= 4 is 21.8 Å². The van der Waals surface area contributed by atoms with Gasteiger partial charge in [0, 0.05) is 6.07 Å². The Morgan fingerprint density at radius 1 is 1.59 bits per heavy atom. The Morgan fingerprint density at radius 2 is 2.29 bits per heavy atom. The van der Waals surface area contributed by atoms with Crippen LogP contribution in [-0.2, 0) is 0 Å². The van der Waals surface area contributed by atoms with Crippen molar-refractivity contribution in [3.63, 3.8) is 0 Å². The van der Waals surface area contributed by atoms with E-state index >= 15 is 0 Å². The van der Waals surface area contributed by atoms with Crippen LogP contribution in [-0.4, -0.2) is 17.4 Å². The van der Waals surface area contributed by atoms with E-state index < -0.39 is 5.82 Å². The van der Waals surface area contributed by atoms with Crippen LogP contribution < -0.4 is 10.5 Å². The Balaban J connectivity index is 2.80. The molecule has 1 heterocycles. The van der Waals surface area contributed by atoms with E-state index in [1.54, 1.807) is 0 Å². The Hall–Kier alpha value is -1.76. The molecule has 7 heteroatoms. The molecule has 0 amide bonds. The number of rotatable bonds is 2. The average Bonchev–Trinajstić information content (AvgIpc) is 2.69. The minimum atomic E-state index is -0.616. The second kappa shape index (κ2) is 4.25. The standard InChI is InChI=1S/C10H8BrFN2O3/c1-16-9-6(15)2-5(11)8(12)7(9)4-3-14-17-10(4)13/h2-3,15H,13H2,1H3. The highest BCUT2D eigenvalue weighted by molar-refractivity contribution is 9.10. The smallest absolute Gasteiger partial charge is 0.230 e. The van der Waals surface area contributed by atoms with Gasteiger partial charge in [0.05, 0.1) is 28.9 Å². The zero-order valence-corrected chi connectivity index (χ0v) is 10.3. The molecule has 1 aromatic heterocycles. The number of methoxy groups -OCH3 is 1. The molecule has 0 aliphatic heterocycles. The van der Waals surface area contributed by atoms with Gasteiger partial charge in [-0.05, 0) is 15.9 Å². The molecule has 17 heavy (non-hydrogen) atoms. The lowest BCUT2D eigenvalue weighted by Gasteiger charge is -2.11. The first-order valence-electron chi connectivity index (χ1n) is 4.51. The first-order valence-corrected chi connectivity index (χ1v) is 5.31. The van der Waals surface area contributed by atoms with Crippen LogP contribution in [0.15, 0.2) is 21.3 Å². The summed E-state index contributed by atoms with van der Waals surface area (Å²) >= 11 is 2.99. The maximum absolute atomic E-state index is 14.0. The van der Waals surface area contributed by atoms with E-state index in [-0.39, 0.29) is 33.0 Å². The minimum Gasteiger partial charge on any atom is -0.504 e. The summed E-state index contributed by atoms with van der Waals surface area (Å²) in [5.74, 6) is -0.911. The fourth-order valence-corrected chi connectivity index (χ4v) is 1.89. The number of benzene rings is 1. The zero-order chi connectivity index (χ0) is 12.6. The fourth-order valence-electron chi connectivity index (χ4n) is 1.48. The second-order valence-electron chi connectivity index (χ2n) is 3.20. The highest BCUT2D eigenvalue weighted by Crippen LogP contribution is 2.44. The van der Waals surface area contributed by atoms with Crippen molar-refractivity contribution in [1.82, 2.24) is 5.16 Å². The minimum absolute atomic E-state index is 0.00174. The summed E-state index contributed by atoms with van der Waals surface area (Å²) in [5, 5.41) is 13.1. The van der Waals surface area contributed by atoms with Crippen LogP contribution in [0.5, 0.6) is 11.5 Å². The van der Waals surface area contributed by atoms with Crippen molar-refractivity contribution < 1.29 is 18.8 Å². The van der Waals surface area contributed by atoms with Gasteiger partial charge in [-0.1, -0.05) is 5.16 Å². The monoisotopic (exact) mass is 302 g/mol. The second-order valence-corrected chi connectivity index (χ2v) is 4.06.